The molecule has 4 heterocycles. The lowest BCUT2D eigenvalue weighted by atomic mass is 9.92. The molecule has 9 heteroatoms. The summed E-state index contributed by atoms with van der Waals surface area (Å²) in [5.74, 6) is -0.519. The van der Waals surface area contributed by atoms with E-state index in [1.165, 1.54) is 11.3 Å². The number of hydrogen-bond acceptors (Lipinski definition) is 6. The number of primary amides is 2. The van der Waals surface area contributed by atoms with Gasteiger partial charge in [-0.15, -0.1) is 11.3 Å². The largest absolute Gasteiger partial charge is 0.472 e. The number of nitrogens with zero attached hydrogens (tertiary/aromatic N) is 2. The number of aromatic nitrogens is 1. The van der Waals surface area contributed by atoms with Crippen molar-refractivity contribution in [2.75, 3.05) is 18.8 Å². The van der Waals surface area contributed by atoms with Crippen LogP contribution >= 0.6 is 11.3 Å². The smallest absolute Gasteiger partial charge is 0.314 e. The highest BCUT2D eigenvalue weighted by molar-refractivity contribution is 7.21. The summed E-state index contributed by atoms with van der Waals surface area (Å²) in [6.07, 6.45) is 4.95. The predicted molar refractivity (Wildman–Crippen MR) is 103 cm³/mol. The minimum atomic E-state index is -0.576. The number of fused-ring (bicyclic) bond motifs is 1. The molecule has 1 fully saturated rings. The molecule has 6 N–H and O–H groups in total. The van der Waals surface area contributed by atoms with E-state index in [2.05, 4.69) is 0 Å². The highest BCUT2D eigenvalue weighted by atomic mass is 32.1. The Kier molecular flexibility index (Phi) is 4.23. The summed E-state index contributed by atoms with van der Waals surface area (Å²) < 4.78 is 5.23. The summed E-state index contributed by atoms with van der Waals surface area (Å²) in [6, 6.07) is 3.36. The van der Waals surface area contributed by atoms with E-state index in [-0.39, 0.29) is 5.92 Å². The second kappa shape index (κ2) is 6.58. The van der Waals surface area contributed by atoms with Gasteiger partial charge in [0.25, 0.3) is 5.91 Å². The van der Waals surface area contributed by atoms with Crippen molar-refractivity contribution in [1.29, 1.82) is 0 Å². The Morgan fingerprint density at radius 1 is 1.33 bits per heavy atom. The number of piperidine rings is 1. The fourth-order valence-electron chi connectivity index (χ4n) is 3.60. The van der Waals surface area contributed by atoms with Crippen LogP contribution in [0, 0.1) is 0 Å². The van der Waals surface area contributed by atoms with Gasteiger partial charge in [-0.3, -0.25) is 4.79 Å². The second-order valence-electron chi connectivity index (χ2n) is 6.62. The maximum absolute atomic E-state index is 11.7. The lowest BCUT2D eigenvalue weighted by Crippen LogP contribution is -2.42. The second-order valence-corrected chi connectivity index (χ2v) is 7.62. The SMILES string of the molecule is NC(=O)c1sc2nc(C3CCCN(C(N)=O)C3)cc(-c3ccoc3)c2c1N. The molecule has 0 saturated carbocycles. The monoisotopic (exact) mass is 385 g/mol. The van der Waals surface area contributed by atoms with Crippen molar-refractivity contribution in [1.82, 2.24) is 9.88 Å². The molecule has 3 amide bonds. The summed E-state index contributed by atoms with van der Waals surface area (Å²) in [5.41, 5.74) is 20.0. The Morgan fingerprint density at radius 2 is 2.15 bits per heavy atom. The van der Waals surface area contributed by atoms with Crippen molar-refractivity contribution >= 4 is 39.2 Å². The number of anilines is 1. The summed E-state index contributed by atoms with van der Waals surface area (Å²) in [7, 11) is 0. The van der Waals surface area contributed by atoms with Crippen molar-refractivity contribution < 1.29 is 14.0 Å². The van der Waals surface area contributed by atoms with Gasteiger partial charge in [-0.1, -0.05) is 0 Å². The van der Waals surface area contributed by atoms with E-state index in [1.54, 1.807) is 17.4 Å². The number of nitrogen functional groups attached to an aromatic ring is 1. The van der Waals surface area contributed by atoms with Crippen molar-refractivity contribution in [2.45, 2.75) is 18.8 Å². The van der Waals surface area contributed by atoms with Gasteiger partial charge in [0.1, 0.15) is 9.71 Å². The number of urea groups is 1. The number of amides is 3. The lowest BCUT2D eigenvalue weighted by molar-refractivity contribution is 0.100. The van der Waals surface area contributed by atoms with Crippen LogP contribution in [0.2, 0.25) is 0 Å². The Balaban J connectivity index is 1.88. The molecule has 0 radical (unpaired) electrons. The third kappa shape index (κ3) is 2.99. The van der Waals surface area contributed by atoms with Crippen LogP contribution in [0.1, 0.15) is 34.1 Å². The van der Waals surface area contributed by atoms with Crippen LogP contribution in [0.5, 0.6) is 0 Å². The Morgan fingerprint density at radius 3 is 2.81 bits per heavy atom. The number of rotatable bonds is 3. The average molecular weight is 385 g/mol. The molecule has 1 atom stereocenters. The van der Waals surface area contributed by atoms with Crippen molar-refractivity contribution in [3.05, 3.63) is 35.2 Å². The van der Waals surface area contributed by atoms with Crippen molar-refractivity contribution in [2.24, 2.45) is 11.5 Å². The molecular weight excluding hydrogens is 366 g/mol. The molecule has 0 bridgehead atoms. The molecule has 1 aliphatic heterocycles. The number of likely N-dealkylation sites (tertiary alicyclic amines) is 1. The van der Waals surface area contributed by atoms with Crippen LogP contribution < -0.4 is 17.2 Å². The van der Waals surface area contributed by atoms with Gasteiger partial charge in [0.05, 0.1) is 18.2 Å². The first-order chi connectivity index (χ1) is 13.0. The topological polar surface area (TPSA) is 141 Å². The standard InChI is InChI=1S/C18H19N5O3S/c19-14-13-11(10-3-5-26-8-10)6-12(22-17(13)27-15(14)16(20)24)9-2-1-4-23(7-9)18(21)25/h3,5-6,8-9H,1-2,4,7,19H2,(H2,20,24)(H2,21,25). The van der Waals surface area contributed by atoms with E-state index >= 15 is 0 Å². The number of nitrogens with two attached hydrogens (primary N) is 3. The van der Waals surface area contributed by atoms with Crippen LogP contribution in [-0.2, 0) is 0 Å². The molecule has 0 spiro atoms. The minimum absolute atomic E-state index is 0.0571. The number of furan rings is 1. The van der Waals surface area contributed by atoms with Crippen LogP contribution in [0.3, 0.4) is 0 Å². The number of carbonyl (C=O) groups is 2. The molecule has 3 aromatic rings. The summed E-state index contributed by atoms with van der Waals surface area (Å²) >= 11 is 1.18. The van der Waals surface area contributed by atoms with Gasteiger partial charge in [-0.05, 0) is 30.5 Å². The lowest BCUT2D eigenvalue weighted by Gasteiger charge is -2.31. The number of carbonyl (C=O) groups excluding carboxylic acids is 2. The fraction of sp³-hybridized carbons (Fsp3) is 0.278. The first kappa shape index (κ1) is 17.3. The van der Waals surface area contributed by atoms with Gasteiger partial charge in [-0.25, -0.2) is 9.78 Å². The fourth-order valence-corrected chi connectivity index (χ4v) is 4.58. The molecular formula is C18H19N5O3S. The minimum Gasteiger partial charge on any atom is -0.472 e. The Bertz CT molecular complexity index is 1030. The predicted octanol–water partition coefficient (Wildman–Crippen LogP) is 2.50. The van der Waals surface area contributed by atoms with Gasteiger partial charge in [-0.2, -0.15) is 0 Å². The van der Waals surface area contributed by atoms with E-state index in [0.717, 1.165) is 29.7 Å². The first-order valence-corrected chi connectivity index (χ1v) is 9.37. The zero-order valence-electron chi connectivity index (χ0n) is 14.5. The van der Waals surface area contributed by atoms with Crippen LogP contribution in [0.25, 0.3) is 21.3 Å². The molecule has 0 aliphatic carbocycles. The van der Waals surface area contributed by atoms with Crippen LogP contribution in [0.15, 0.2) is 29.1 Å². The van der Waals surface area contributed by atoms with Crippen LogP contribution in [-0.4, -0.2) is 34.9 Å². The zero-order chi connectivity index (χ0) is 19.1. The average Bonchev–Trinajstić information content (AvgIpc) is 3.29. The maximum atomic E-state index is 11.7. The molecule has 27 heavy (non-hydrogen) atoms. The maximum Gasteiger partial charge on any atom is 0.314 e. The molecule has 0 aromatic carbocycles. The molecule has 8 nitrogen and oxygen atoms in total. The summed E-state index contributed by atoms with van der Waals surface area (Å²) in [6.45, 7) is 1.17. The summed E-state index contributed by atoms with van der Waals surface area (Å²) in [5, 5.41) is 0.696. The number of pyridine rings is 1. The third-order valence-electron chi connectivity index (χ3n) is 4.93. The molecule has 1 unspecified atom stereocenters. The highest BCUT2D eigenvalue weighted by Gasteiger charge is 2.27. The Hall–Kier alpha value is -3.07. The zero-order valence-corrected chi connectivity index (χ0v) is 15.3. The molecule has 4 rings (SSSR count). The van der Waals surface area contributed by atoms with E-state index in [1.807, 2.05) is 12.1 Å². The molecule has 1 aliphatic rings. The normalized spacial score (nSPS) is 17.3. The third-order valence-corrected chi connectivity index (χ3v) is 6.04. The van der Waals surface area contributed by atoms with Gasteiger partial charge >= 0.3 is 6.03 Å². The van der Waals surface area contributed by atoms with Gasteiger partial charge in [0, 0.05) is 35.7 Å². The van der Waals surface area contributed by atoms with Crippen molar-refractivity contribution in [3.63, 3.8) is 0 Å². The summed E-state index contributed by atoms with van der Waals surface area (Å²) in [4.78, 5) is 30.6. The van der Waals surface area contributed by atoms with E-state index in [9.17, 15) is 9.59 Å². The van der Waals surface area contributed by atoms with E-state index in [4.69, 9.17) is 26.6 Å². The van der Waals surface area contributed by atoms with E-state index in [0.29, 0.717) is 33.9 Å². The Labute approximate surface area is 158 Å². The molecule has 3 aromatic heterocycles. The van der Waals surface area contributed by atoms with Gasteiger partial charge in [0.15, 0.2) is 0 Å². The highest BCUT2D eigenvalue weighted by Crippen LogP contribution is 2.41. The number of thiophene rings is 1. The van der Waals surface area contributed by atoms with E-state index < -0.39 is 11.9 Å². The quantitative estimate of drug-likeness (QED) is 0.635. The number of hydrogen-bond donors (Lipinski definition) is 3. The molecule has 1 saturated heterocycles. The first-order valence-electron chi connectivity index (χ1n) is 8.55. The van der Waals surface area contributed by atoms with Gasteiger partial charge in [0.2, 0.25) is 0 Å². The van der Waals surface area contributed by atoms with Crippen molar-refractivity contribution in [3.8, 4) is 11.1 Å². The molecule has 140 valence electrons. The van der Waals surface area contributed by atoms with Gasteiger partial charge < -0.3 is 26.5 Å². The van der Waals surface area contributed by atoms with Crippen LogP contribution in [0.4, 0.5) is 10.5 Å².